The maximum atomic E-state index is 9.37. The molecule has 106 valence electrons. The van der Waals surface area contributed by atoms with Gasteiger partial charge in [0.25, 0.3) is 0 Å². The van der Waals surface area contributed by atoms with Crippen LogP contribution in [0.3, 0.4) is 0 Å². The van der Waals surface area contributed by atoms with Crippen LogP contribution >= 0.6 is 15.9 Å². The summed E-state index contributed by atoms with van der Waals surface area (Å²) in [4.78, 5) is 0. The zero-order valence-electron chi connectivity index (χ0n) is 11.5. The number of halogens is 1. The lowest BCUT2D eigenvalue weighted by atomic mass is 10.1. The molecule has 3 nitrogen and oxygen atoms in total. The standard InChI is InChI=1S/C16H17BrO3/c1-11-4-3-5-12(9-18)16(11)20-10-13-8-14(17)6-7-15(13)19-2/h3-8,18H,9-10H2,1-2H3. The summed E-state index contributed by atoms with van der Waals surface area (Å²) < 4.78 is 12.2. The highest BCUT2D eigenvalue weighted by Crippen LogP contribution is 2.28. The minimum Gasteiger partial charge on any atom is -0.496 e. The molecule has 0 heterocycles. The second-order valence-corrected chi connectivity index (χ2v) is 5.38. The van der Waals surface area contributed by atoms with Crippen molar-refractivity contribution in [1.82, 2.24) is 0 Å². The highest BCUT2D eigenvalue weighted by atomic mass is 79.9. The molecule has 0 aliphatic rings. The fourth-order valence-corrected chi connectivity index (χ4v) is 2.46. The van der Waals surface area contributed by atoms with Gasteiger partial charge in [0.15, 0.2) is 0 Å². The quantitative estimate of drug-likeness (QED) is 0.901. The molecule has 0 unspecified atom stereocenters. The molecule has 20 heavy (non-hydrogen) atoms. The molecular formula is C16H17BrO3. The topological polar surface area (TPSA) is 38.7 Å². The van der Waals surface area contributed by atoms with Crippen molar-refractivity contribution in [3.8, 4) is 11.5 Å². The summed E-state index contributed by atoms with van der Waals surface area (Å²) in [6.45, 7) is 2.32. The van der Waals surface area contributed by atoms with E-state index in [4.69, 9.17) is 9.47 Å². The van der Waals surface area contributed by atoms with E-state index in [1.165, 1.54) is 0 Å². The Morgan fingerprint density at radius 2 is 1.95 bits per heavy atom. The molecule has 0 saturated carbocycles. The second-order valence-electron chi connectivity index (χ2n) is 4.47. The van der Waals surface area contributed by atoms with Crippen molar-refractivity contribution in [1.29, 1.82) is 0 Å². The van der Waals surface area contributed by atoms with Gasteiger partial charge in [-0.25, -0.2) is 0 Å². The first kappa shape index (κ1) is 14.9. The molecule has 0 aliphatic carbocycles. The molecule has 0 aliphatic heterocycles. The first-order chi connectivity index (χ1) is 9.65. The molecule has 0 bridgehead atoms. The summed E-state index contributed by atoms with van der Waals surface area (Å²) >= 11 is 3.44. The van der Waals surface area contributed by atoms with Crippen molar-refractivity contribution in [3.63, 3.8) is 0 Å². The van der Waals surface area contributed by atoms with Crippen molar-refractivity contribution in [2.24, 2.45) is 0 Å². The average molecular weight is 337 g/mol. The van der Waals surface area contributed by atoms with E-state index in [0.717, 1.165) is 32.7 Å². The summed E-state index contributed by atoms with van der Waals surface area (Å²) in [5.41, 5.74) is 2.75. The molecule has 0 aromatic heterocycles. The Balaban J connectivity index is 2.23. The third-order valence-electron chi connectivity index (χ3n) is 3.08. The molecule has 2 aromatic carbocycles. The lowest BCUT2D eigenvalue weighted by Gasteiger charge is -2.14. The van der Waals surface area contributed by atoms with Crippen LogP contribution in [-0.2, 0) is 13.2 Å². The summed E-state index contributed by atoms with van der Waals surface area (Å²) in [5.74, 6) is 1.52. The maximum Gasteiger partial charge on any atom is 0.128 e. The van der Waals surface area contributed by atoms with Crippen LogP contribution in [0.1, 0.15) is 16.7 Å². The number of hydrogen-bond acceptors (Lipinski definition) is 3. The molecule has 2 rings (SSSR count). The molecule has 1 N–H and O–H groups in total. The molecule has 2 aromatic rings. The third kappa shape index (κ3) is 3.32. The van der Waals surface area contributed by atoms with Gasteiger partial charge in [-0.2, -0.15) is 0 Å². The smallest absolute Gasteiger partial charge is 0.128 e. The molecule has 0 amide bonds. The molecule has 0 atom stereocenters. The Kier molecular flexibility index (Phi) is 5.04. The summed E-state index contributed by atoms with van der Waals surface area (Å²) in [6.07, 6.45) is 0. The monoisotopic (exact) mass is 336 g/mol. The summed E-state index contributed by atoms with van der Waals surface area (Å²) in [5, 5.41) is 9.37. The summed E-state index contributed by atoms with van der Waals surface area (Å²) in [6, 6.07) is 11.5. The molecule has 0 saturated heterocycles. The van der Waals surface area contributed by atoms with Gasteiger partial charge in [0, 0.05) is 15.6 Å². The number of benzene rings is 2. The average Bonchev–Trinajstić information content (AvgIpc) is 2.46. The largest absolute Gasteiger partial charge is 0.496 e. The van der Waals surface area contributed by atoms with E-state index in [-0.39, 0.29) is 6.61 Å². The van der Waals surface area contributed by atoms with Crippen LogP contribution < -0.4 is 9.47 Å². The zero-order chi connectivity index (χ0) is 14.5. The van der Waals surface area contributed by atoms with Crippen molar-refractivity contribution in [2.45, 2.75) is 20.1 Å². The zero-order valence-corrected chi connectivity index (χ0v) is 13.1. The van der Waals surface area contributed by atoms with Crippen molar-refractivity contribution < 1.29 is 14.6 Å². The number of ether oxygens (including phenoxy) is 2. The second kappa shape index (κ2) is 6.77. The minimum absolute atomic E-state index is 0.0351. The Labute approximate surface area is 127 Å². The molecule has 4 heteroatoms. The van der Waals surface area contributed by atoms with E-state index in [0.29, 0.717) is 6.61 Å². The molecular weight excluding hydrogens is 320 g/mol. The first-order valence-electron chi connectivity index (χ1n) is 6.30. The van der Waals surface area contributed by atoms with Crippen molar-refractivity contribution in [2.75, 3.05) is 7.11 Å². The van der Waals surface area contributed by atoms with Crippen LogP contribution in [0.2, 0.25) is 0 Å². The number of methoxy groups -OCH3 is 1. The van der Waals surface area contributed by atoms with Crippen molar-refractivity contribution in [3.05, 3.63) is 57.6 Å². The van der Waals surface area contributed by atoms with Crippen LogP contribution in [0.15, 0.2) is 40.9 Å². The maximum absolute atomic E-state index is 9.37. The Morgan fingerprint density at radius 1 is 1.15 bits per heavy atom. The number of para-hydroxylation sites is 1. The van der Waals surface area contributed by atoms with Gasteiger partial charge in [0.2, 0.25) is 0 Å². The number of aliphatic hydroxyl groups excluding tert-OH is 1. The van der Waals surface area contributed by atoms with Gasteiger partial charge >= 0.3 is 0 Å². The van der Waals surface area contributed by atoms with E-state index in [1.807, 2.05) is 43.3 Å². The number of aryl methyl sites for hydroxylation is 1. The highest BCUT2D eigenvalue weighted by molar-refractivity contribution is 9.10. The van der Waals surface area contributed by atoms with E-state index in [1.54, 1.807) is 7.11 Å². The third-order valence-corrected chi connectivity index (χ3v) is 3.57. The molecule has 0 fully saturated rings. The van der Waals surface area contributed by atoms with Crippen LogP contribution in [0.25, 0.3) is 0 Å². The van der Waals surface area contributed by atoms with E-state index in [2.05, 4.69) is 15.9 Å². The highest BCUT2D eigenvalue weighted by Gasteiger charge is 2.09. The number of aliphatic hydroxyl groups is 1. The normalized spacial score (nSPS) is 10.4. The van der Waals surface area contributed by atoms with Gasteiger partial charge in [-0.05, 0) is 30.7 Å². The lowest BCUT2D eigenvalue weighted by molar-refractivity contribution is 0.256. The Bertz CT molecular complexity index is 596. The van der Waals surface area contributed by atoms with Crippen LogP contribution in [-0.4, -0.2) is 12.2 Å². The molecule has 0 spiro atoms. The summed E-state index contributed by atoms with van der Waals surface area (Å²) in [7, 11) is 1.64. The number of hydrogen-bond donors (Lipinski definition) is 1. The van der Waals surface area contributed by atoms with Gasteiger partial charge in [-0.1, -0.05) is 34.1 Å². The predicted molar refractivity (Wildman–Crippen MR) is 82.1 cm³/mol. The first-order valence-corrected chi connectivity index (χ1v) is 7.09. The fourth-order valence-electron chi connectivity index (χ4n) is 2.05. The SMILES string of the molecule is COc1ccc(Br)cc1COc1c(C)cccc1CO. The number of rotatable bonds is 5. The van der Waals surface area contributed by atoms with E-state index < -0.39 is 0 Å². The van der Waals surface area contributed by atoms with Gasteiger partial charge in [-0.15, -0.1) is 0 Å². The Hall–Kier alpha value is -1.52. The van der Waals surface area contributed by atoms with Crippen LogP contribution in [0.4, 0.5) is 0 Å². The van der Waals surface area contributed by atoms with E-state index in [9.17, 15) is 5.11 Å². The molecule has 0 radical (unpaired) electrons. The van der Waals surface area contributed by atoms with E-state index >= 15 is 0 Å². The fraction of sp³-hybridized carbons (Fsp3) is 0.250. The van der Waals surface area contributed by atoms with Gasteiger partial charge < -0.3 is 14.6 Å². The van der Waals surface area contributed by atoms with Crippen LogP contribution in [0.5, 0.6) is 11.5 Å². The predicted octanol–water partition coefficient (Wildman–Crippen LogP) is 3.84. The van der Waals surface area contributed by atoms with Gasteiger partial charge in [0.1, 0.15) is 18.1 Å². The van der Waals surface area contributed by atoms with Crippen LogP contribution in [0, 0.1) is 6.92 Å². The van der Waals surface area contributed by atoms with Gasteiger partial charge in [0.05, 0.1) is 13.7 Å². The van der Waals surface area contributed by atoms with Gasteiger partial charge in [-0.3, -0.25) is 0 Å². The Morgan fingerprint density at radius 3 is 2.65 bits per heavy atom. The van der Waals surface area contributed by atoms with Crippen molar-refractivity contribution >= 4 is 15.9 Å². The lowest BCUT2D eigenvalue weighted by Crippen LogP contribution is -2.02. The minimum atomic E-state index is -0.0351.